The predicted molar refractivity (Wildman–Crippen MR) is 78.5 cm³/mol. The largest absolute Gasteiger partial charge is 0.465 e. The van der Waals surface area contributed by atoms with E-state index in [1.807, 2.05) is 0 Å². The second kappa shape index (κ2) is 6.35. The summed E-state index contributed by atoms with van der Waals surface area (Å²) in [6, 6.07) is 3.34. The van der Waals surface area contributed by atoms with Crippen LogP contribution in [0.5, 0.6) is 0 Å². The molecule has 8 heteroatoms. The Hall–Kier alpha value is -2.09. The maximum Gasteiger partial charge on any atom is 0.331 e. The Balaban J connectivity index is 1.77. The van der Waals surface area contributed by atoms with Gasteiger partial charge in [-0.25, -0.2) is 13.2 Å². The number of furan rings is 1. The molecule has 1 atom stereocenters. The van der Waals surface area contributed by atoms with Crippen LogP contribution < -0.4 is 5.32 Å². The van der Waals surface area contributed by atoms with Gasteiger partial charge < -0.3 is 14.5 Å². The minimum Gasteiger partial charge on any atom is -0.465 e. The van der Waals surface area contributed by atoms with E-state index in [2.05, 4.69) is 5.32 Å². The van der Waals surface area contributed by atoms with Crippen molar-refractivity contribution in [1.82, 2.24) is 5.32 Å². The molecule has 1 saturated heterocycles. The standard InChI is InChI=1S/C14H17NO6S/c1-14(6-8-22(18,19)10-14)15-12(16)9-21-13(17)5-4-11-3-2-7-20-11/h2-5,7H,6,8-10H2,1H3,(H,15,16)/b5-4+/t14-/m1/s1. The van der Waals surface area contributed by atoms with Gasteiger partial charge in [-0.2, -0.15) is 0 Å². The quantitative estimate of drug-likeness (QED) is 0.625. The highest BCUT2D eigenvalue weighted by molar-refractivity contribution is 7.91. The van der Waals surface area contributed by atoms with Gasteiger partial charge in [0.2, 0.25) is 0 Å². The van der Waals surface area contributed by atoms with Crippen LogP contribution >= 0.6 is 0 Å². The first-order valence-corrected chi connectivity index (χ1v) is 8.50. The van der Waals surface area contributed by atoms with Crippen molar-refractivity contribution in [2.45, 2.75) is 18.9 Å². The third-order valence-corrected chi connectivity index (χ3v) is 5.12. The van der Waals surface area contributed by atoms with Crippen molar-refractivity contribution in [1.29, 1.82) is 0 Å². The fourth-order valence-electron chi connectivity index (χ4n) is 2.20. The van der Waals surface area contributed by atoms with E-state index in [9.17, 15) is 18.0 Å². The van der Waals surface area contributed by atoms with Crippen LogP contribution in [0.4, 0.5) is 0 Å². The van der Waals surface area contributed by atoms with Gasteiger partial charge in [0.15, 0.2) is 16.4 Å². The fourth-order valence-corrected chi connectivity index (χ4v) is 4.30. The third-order valence-electron chi connectivity index (χ3n) is 3.22. The van der Waals surface area contributed by atoms with E-state index in [0.29, 0.717) is 12.2 Å². The van der Waals surface area contributed by atoms with Crippen LogP contribution in [0.1, 0.15) is 19.1 Å². The molecule has 2 rings (SSSR count). The van der Waals surface area contributed by atoms with Crippen LogP contribution in [0.25, 0.3) is 6.08 Å². The summed E-state index contributed by atoms with van der Waals surface area (Å²) in [5, 5.41) is 2.60. The van der Waals surface area contributed by atoms with E-state index in [1.54, 1.807) is 19.1 Å². The molecule has 1 N–H and O–H groups in total. The summed E-state index contributed by atoms with van der Waals surface area (Å²) >= 11 is 0. The van der Waals surface area contributed by atoms with Crippen molar-refractivity contribution in [3.63, 3.8) is 0 Å². The van der Waals surface area contributed by atoms with Gasteiger partial charge in [0, 0.05) is 6.08 Å². The zero-order valence-corrected chi connectivity index (χ0v) is 12.9. The lowest BCUT2D eigenvalue weighted by atomic mass is 10.0. The van der Waals surface area contributed by atoms with Crippen molar-refractivity contribution >= 4 is 27.8 Å². The van der Waals surface area contributed by atoms with Gasteiger partial charge in [-0.3, -0.25) is 4.79 Å². The Kier molecular flexibility index (Phi) is 4.70. The second-order valence-corrected chi connectivity index (χ2v) is 7.59. The van der Waals surface area contributed by atoms with Crippen LogP contribution in [-0.4, -0.2) is 43.9 Å². The SMILES string of the molecule is C[C@@]1(NC(=O)COC(=O)/C=C/c2ccco2)CCS(=O)(=O)C1. The van der Waals surface area contributed by atoms with E-state index in [-0.39, 0.29) is 11.5 Å². The summed E-state index contributed by atoms with van der Waals surface area (Å²) in [6.45, 7) is 1.20. The first kappa shape index (κ1) is 16.3. The van der Waals surface area contributed by atoms with Gasteiger partial charge >= 0.3 is 5.97 Å². The number of carbonyl (C=O) groups excluding carboxylic acids is 2. The van der Waals surface area contributed by atoms with Gasteiger partial charge in [-0.15, -0.1) is 0 Å². The minimum atomic E-state index is -3.11. The molecular weight excluding hydrogens is 310 g/mol. The van der Waals surface area contributed by atoms with E-state index >= 15 is 0 Å². The first-order chi connectivity index (χ1) is 10.3. The molecule has 120 valence electrons. The molecule has 1 fully saturated rings. The van der Waals surface area contributed by atoms with Crippen molar-refractivity contribution in [2.24, 2.45) is 0 Å². The lowest BCUT2D eigenvalue weighted by Crippen LogP contribution is -2.48. The number of nitrogens with one attached hydrogen (secondary N) is 1. The molecule has 1 aromatic heterocycles. The minimum absolute atomic E-state index is 0.0510. The maximum atomic E-state index is 11.7. The fraction of sp³-hybridized carbons (Fsp3) is 0.429. The summed E-state index contributed by atoms with van der Waals surface area (Å²) in [5.41, 5.74) is -0.799. The van der Waals surface area contributed by atoms with Crippen molar-refractivity contribution in [3.05, 3.63) is 30.2 Å². The number of hydrogen-bond donors (Lipinski definition) is 1. The molecule has 1 aliphatic rings. The molecule has 0 saturated carbocycles. The normalized spacial score (nSPS) is 23.5. The molecule has 0 aliphatic carbocycles. The Labute approximate surface area is 128 Å². The smallest absolute Gasteiger partial charge is 0.331 e. The monoisotopic (exact) mass is 327 g/mol. The molecule has 1 aliphatic heterocycles. The zero-order chi connectivity index (χ0) is 16.2. The Morgan fingerprint density at radius 3 is 2.86 bits per heavy atom. The Morgan fingerprint density at radius 1 is 1.50 bits per heavy atom. The number of sulfone groups is 1. The first-order valence-electron chi connectivity index (χ1n) is 6.68. The molecule has 0 spiro atoms. The average Bonchev–Trinajstić information content (AvgIpc) is 3.02. The van der Waals surface area contributed by atoms with E-state index in [1.165, 1.54) is 12.3 Å². The Morgan fingerprint density at radius 2 is 2.27 bits per heavy atom. The molecule has 7 nitrogen and oxygen atoms in total. The molecule has 0 radical (unpaired) electrons. The molecule has 0 aromatic carbocycles. The predicted octanol–water partition coefficient (Wildman–Crippen LogP) is 0.529. The number of carbonyl (C=O) groups is 2. The summed E-state index contributed by atoms with van der Waals surface area (Å²) < 4.78 is 32.7. The van der Waals surface area contributed by atoms with Crippen molar-refractivity contribution in [3.8, 4) is 0 Å². The molecule has 1 amide bonds. The second-order valence-electron chi connectivity index (χ2n) is 5.41. The lowest BCUT2D eigenvalue weighted by Gasteiger charge is -2.23. The lowest BCUT2D eigenvalue weighted by molar-refractivity contribution is -0.144. The molecule has 2 heterocycles. The van der Waals surface area contributed by atoms with Gasteiger partial charge in [0.1, 0.15) is 5.76 Å². The van der Waals surface area contributed by atoms with Crippen molar-refractivity contribution < 1.29 is 27.2 Å². The van der Waals surface area contributed by atoms with Gasteiger partial charge in [0.25, 0.3) is 5.91 Å². The zero-order valence-electron chi connectivity index (χ0n) is 12.1. The van der Waals surface area contributed by atoms with Crippen LogP contribution in [-0.2, 0) is 24.2 Å². The maximum absolute atomic E-state index is 11.7. The summed E-state index contributed by atoms with van der Waals surface area (Å²) in [7, 11) is -3.11. The van der Waals surface area contributed by atoms with Crippen molar-refractivity contribution in [2.75, 3.05) is 18.1 Å². The highest BCUT2D eigenvalue weighted by Gasteiger charge is 2.39. The molecule has 22 heavy (non-hydrogen) atoms. The number of amides is 1. The molecular formula is C14H17NO6S. The topological polar surface area (TPSA) is 103 Å². The van der Waals surface area contributed by atoms with E-state index in [4.69, 9.17) is 9.15 Å². The number of ether oxygens (including phenoxy) is 1. The molecule has 1 aromatic rings. The summed E-state index contributed by atoms with van der Waals surface area (Å²) in [6.07, 6.45) is 4.39. The summed E-state index contributed by atoms with van der Waals surface area (Å²) in [4.78, 5) is 23.2. The van der Waals surface area contributed by atoms with Gasteiger partial charge in [0.05, 0.1) is 23.3 Å². The van der Waals surface area contributed by atoms with Crippen LogP contribution in [0.2, 0.25) is 0 Å². The molecule has 0 bridgehead atoms. The van der Waals surface area contributed by atoms with E-state index < -0.39 is 33.9 Å². The van der Waals surface area contributed by atoms with Crippen LogP contribution in [0, 0.1) is 0 Å². The van der Waals surface area contributed by atoms with Gasteiger partial charge in [-0.05, 0) is 31.6 Å². The number of hydrogen-bond acceptors (Lipinski definition) is 6. The summed E-state index contributed by atoms with van der Waals surface area (Å²) in [5.74, 6) is -0.770. The number of esters is 1. The molecule has 0 unspecified atom stereocenters. The highest BCUT2D eigenvalue weighted by atomic mass is 32.2. The van der Waals surface area contributed by atoms with Gasteiger partial charge in [-0.1, -0.05) is 0 Å². The average molecular weight is 327 g/mol. The van der Waals surface area contributed by atoms with Crippen LogP contribution in [0.15, 0.2) is 28.9 Å². The number of rotatable bonds is 5. The highest BCUT2D eigenvalue weighted by Crippen LogP contribution is 2.22. The Bertz CT molecular complexity index is 676. The van der Waals surface area contributed by atoms with Crippen LogP contribution in [0.3, 0.4) is 0 Å². The van der Waals surface area contributed by atoms with E-state index in [0.717, 1.165) is 6.08 Å². The third kappa shape index (κ3) is 4.73.